The summed E-state index contributed by atoms with van der Waals surface area (Å²) in [6.45, 7) is 3.32. The van der Waals surface area contributed by atoms with Crippen molar-refractivity contribution in [3.63, 3.8) is 0 Å². The molecule has 0 spiro atoms. The predicted octanol–water partition coefficient (Wildman–Crippen LogP) is 2.83. The van der Waals surface area contributed by atoms with E-state index in [2.05, 4.69) is 15.2 Å². The van der Waals surface area contributed by atoms with Crippen LogP contribution in [0.1, 0.15) is 22.5 Å². The average Bonchev–Trinajstić information content (AvgIpc) is 3.26. The molecule has 3 saturated heterocycles. The van der Waals surface area contributed by atoms with Crippen molar-refractivity contribution in [1.82, 2.24) is 15.2 Å². The smallest absolute Gasteiger partial charge is 0.282 e. The van der Waals surface area contributed by atoms with Gasteiger partial charge in [0.25, 0.3) is 11.1 Å². The zero-order chi connectivity index (χ0) is 16.5. The van der Waals surface area contributed by atoms with E-state index in [4.69, 9.17) is 9.47 Å². The summed E-state index contributed by atoms with van der Waals surface area (Å²) in [5, 5.41) is 6.15. The number of methoxy groups -OCH3 is 1. The van der Waals surface area contributed by atoms with Crippen molar-refractivity contribution in [2.24, 2.45) is 5.92 Å². The van der Waals surface area contributed by atoms with Gasteiger partial charge in [-0.15, -0.1) is 0 Å². The molecule has 3 fully saturated rings. The second-order valence-corrected chi connectivity index (χ2v) is 7.96. The molecule has 128 valence electrons. The summed E-state index contributed by atoms with van der Waals surface area (Å²) >= 11 is 2.70. The van der Waals surface area contributed by atoms with E-state index in [1.807, 2.05) is 12.1 Å². The van der Waals surface area contributed by atoms with Gasteiger partial charge in [-0.2, -0.15) is 4.98 Å². The lowest BCUT2D eigenvalue weighted by atomic mass is 9.84. The van der Waals surface area contributed by atoms with Gasteiger partial charge < -0.3 is 19.7 Å². The Hall–Kier alpha value is -1.64. The van der Waals surface area contributed by atoms with Crippen LogP contribution in [0.15, 0.2) is 17.5 Å². The fourth-order valence-electron chi connectivity index (χ4n) is 3.34. The molecule has 0 aliphatic carbocycles. The number of rotatable bonds is 5. The maximum absolute atomic E-state index is 12.5. The van der Waals surface area contributed by atoms with Crippen molar-refractivity contribution >= 4 is 28.6 Å². The normalized spacial score (nSPS) is 25.5. The third kappa shape index (κ3) is 3.26. The summed E-state index contributed by atoms with van der Waals surface area (Å²) in [7, 11) is 1.57. The number of hydrogen-bond acceptors (Lipinski definition) is 7. The minimum Gasteiger partial charge on any atom is -0.480 e. The quantitative estimate of drug-likeness (QED) is 0.883. The van der Waals surface area contributed by atoms with Gasteiger partial charge in [-0.1, -0.05) is 22.7 Å². The number of amides is 1. The summed E-state index contributed by atoms with van der Waals surface area (Å²) in [4.78, 5) is 19.8. The number of ether oxygens (including phenoxy) is 2. The molecule has 3 aliphatic heterocycles. The summed E-state index contributed by atoms with van der Waals surface area (Å²) in [6.07, 6.45) is 2.38. The monoisotopic (exact) mass is 365 g/mol. The van der Waals surface area contributed by atoms with E-state index in [0.717, 1.165) is 6.54 Å². The number of fused-ring (bicyclic) bond motifs is 3. The molecule has 0 radical (unpaired) electrons. The summed E-state index contributed by atoms with van der Waals surface area (Å²) in [6, 6.07) is 3.89. The van der Waals surface area contributed by atoms with Gasteiger partial charge in [0.15, 0.2) is 5.06 Å². The molecule has 5 heterocycles. The van der Waals surface area contributed by atoms with Crippen molar-refractivity contribution in [1.29, 1.82) is 0 Å². The molecule has 5 rings (SSSR count). The number of thiazole rings is 1. The highest BCUT2D eigenvalue weighted by molar-refractivity contribution is 7.16. The minimum absolute atomic E-state index is 0.00896. The Morgan fingerprint density at radius 2 is 2.21 bits per heavy atom. The van der Waals surface area contributed by atoms with Gasteiger partial charge in [-0.05, 0) is 44.0 Å². The van der Waals surface area contributed by atoms with Crippen molar-refractivity contribution in [2.75, 3.05) is 26.7 Å². The number of nitrogens with zero attached hydrogens (tertiary/aromatic N) is 2. The van der Waals surface area contributed by atoms with Crippen LogP contribution in [0.25, 0.3) is 0 Å². The fourth-order valence-corrected chi connectivity index (χ4v) is 4.78. The molecule has 6 nitrogen and oxygen atoms in total. The Morgan fingerprint density at radius 3 is 2.88 bits per heavy atom. The summed E-state index contributed by atoms with van der Waals surface area (Å²) in [5.74, 6) is 1.15. The molecule has 2 aromatic heterocycles. The summed E-state index contributed by atoms with van der Waals surface area (Å²) < 4.78 is 10.7. The van der Waals surface area contributed by atoms with Crippen LogP contribution in [0.4, 0.5) is 0 Å². The zero-order valence-electron chi connectivity index (χ0n) is 13.4. The van der Waals surface area contributed by atoms with Crippen molar-refractivity contribution in [3.8, 4) is 16.1 Å². The van der Waals surface area contributed by atoms with E-state index in [-0.39, 0.29) is 11.9 Å². The second-order valence-electron chi connectivity index (χ2n) is 6.09. The zero-order valence-corrected chi connectivity index (χ0v) is 15.0. The molecule has 0 aromatic carbocycles. The van der Waals surface area contributed by atoms with Crippen LogP contribution in [0, 0.1) is 5.92 Å². The largest absolute Gasteiger partial charge is 0.480 e. The maximum Gasteiger partial charge on any atom is 0.282 e. The van der Waals surface area contributed by atoms with Crippen LogP contribution in [-0.4, -0.2) is 48.6 Å². The van der Waals surface area contributed by atoms with E-state index in [1.54, 1.807) is 12.5 Å². The molecule has 1 amide bonds. The topological polar surface area (TPSA) is 63.7 Å². The number of carbonyl (C=O) groups is 1. The molecule has 1 unspecified atom stereocenters. The number of carbonyl (C=O) groups excluding carboxylic acids is 1. The summed E-state index contributed by atoms with van der Waals surface area (Å²) in [5.41, 5.74) is 0. The Bertz CT molecular complexity index is 722. The molecule has 3 aliphatic rings. The Labute approximate surface area is 148 Å². The standard InChI is InChI=1S/C16H19N3O3S2/c1-21-13-9-23-16(18-13)22-14-3-2-12(24-14)15(20)17-11-8-19-6-4-10(11)5-7-19/h2-3,9-11H,4-8H2,1H3,(H,17,20). The number of hydrogen-bond donors (Lipinski definition) is 1. The van der Waals surface area contributed by atoms with Gasteiger partial charge in [0.1, 0.15) is 0 Å². The van der Waals surface area contributed by atoms with Crippen LogP contribution < -0.4 is 14.8 Å². The number of piperidine rings is 3. The first-order valence-corrected chi connectivity index (χ1v) is 9.71. The minimum atomic E-state index is -0.00896. The molecule has 1 atom stereocenters. The molecule has 0 saturated carbocycles. The molecule has 8 heteroatoms. The van der Waals surface area contributed by atoms with Crippen molar-refractivity contribution < 1.29 is 14.3 Å². The van der Waals surface area contributed by atoms with E-state index in [9.17, 15) is 4.79 Å². The van der Waals surface area contributed by atoms with Gasteiger partial charge >= 0.3 is 0 Å². The van der Waals surface area contributed by atoms with Gasteiger partial charge in [-0.3, -0.25) is 4.79 Å². The van der Waals surface area contributed by atoms with E-state index < -0.39 is 0 Å². The highest BCUT2D eigenvalue weighted by atomic mass is 32.1. The second kappa shape index (κ2) is 6.70. The molecule has 2 aromatic rings. The SMILES string of the molecule is COc1csc(Oc2ccc(C(=O)NC3CN4CCC3CC4)s2)n1. The highest BCUT2D eigenvalue weighted by Crippen LogP contribution is 2.33. The first kappa shape index (κ1) is 15.9. The van der Waals surface area contributed by atoms with Gasteiger partial charge in [0.05, 0.1) is 17.4 Å². The first-order valence-electron chi connectivity index (χ1n) is 8.01. The van der Waals surface area contributed by atoms with Crippen molar-refractivity contribution in [3.05, 3.63) is 22.4 Å². The van der Waals surface area contributed by atoms with Crippen molar-refractivity contribution in [2.45, 2.75) is 18.9 Å². The Kier molecular flexibility index (Phi) is 4.43. The molecular formula is C16H19N3O3S2. The first-order chi connectivity index (χ1) is 11.7. The van der Waals surface area contributed by atoms with Crippen LogP contribution in [-0.2, 0) is 0 Å². The maximum atomic E-state index is 12.5. The Balaban J connectivity index is 1.38. The number of aromatic nitrogens is 1. The highest BCUT2D eigenvalue weighted by Gasteiger charge is 2.35. The van der Waals surface area contributed by atoms with E-state index >= 15 is 0 Å². The lowest BCUT2D eigenvalue weighted by Gasteiger charge is -2.44. The Morgan fingerprint density at radius 1 is 1.38 bits per heavy atom. The van der Waals surface area contributed by atoms with Crippen LogP contribution in [0.5, 0.6) is 16.1 Å². The number of nitrogens with one attached hydrogen (secondary N) is 1. The van der Waals surface area contributed by atoms with Gasteiger partial charge in [0.2, 0.25) is 5.88 Å². The third-order valence-electron chi connectivity index (χ3n) is 4.64. The van der Waals surface area contributed by atoms with E-state index in [1.165, 1.54) is 48.6 Å². The molecule has 24 heavy (non-hydrogen) atoms. The lowest BCUT2D eigenvalue weighted by Crippen LogP contribution is -2.57. The average molecular weight is 365 g/mol. The van der Waals surface area contributed by atoms with Gasteiger partial charge in [-0.25, -0.2) is 0 Å². The molecule has 1 N–H and O–H groups in total. The van der Waals surface area contributed by atoms with Crippen LogP contribution >= 0.6 is 22.7 Å². The van der Waals surface area contributed by atoms with E-state index in [0.29, 0.717) is 26.9 Å². The van der Waals surface area contributed by atoms with Crippen LogP contribution in [0.2, 0.25) is 0 Å². The number of thiophene rings is 1. The lowest BCUT2D eigenvalue weighted by molar-refractivity contribution is 0.0622. The molecular weight excluding hydrogens is 346 g/mol. The van der Waals surface area contributed by atoms with Crippen LogP contribution in [0.3, 0.4) is 0 Å². The predicted molar refractivity (Wildman–Crippen MR) is 93.5 cm³/mol. The fraction of sp³-hybridized carbons (Fsp3) is 0.500. The molecule has 2 bridgehead atoms. The third-order valence-corrected chi connectivity index (χ3v) is 6.29. The van der Waals surface area contributed by atoms with Gasteiger partial charge in [0, 0.05) is 12.6 Å².